The lowest BCUT2D eigenvalue weighted by Crippen LogP contribution is -2.59. The summed E-state index contributed by atoms with van der Waals surface area (Å²) < 4.78 is 0. The van der Waals surface area contributed by atoms with Gasteiger partial charge < -0.3 is 47.6 Å². The largest absolute Gasteiger partial charge is 0.465 e. The third-order valence-electron chi connectivity index (χ3n) is 11.4. The predicted molar refractivity (Wildman–Crippen MR) is 253 cm³/mol. The zero-order valence-corrected chi connectivity index (χ0v) is 38.8. The molecule has 1 fully saturated rings. The Labute approximate surface area is 390 Å². The Hall–Kier alpha value is -5.22. The van der Waals surface area contributed by atoms with Crippen LogP contribution in [-0.2, 0) is 43.4 Å². The van der Waals surface area contributed by atoms with Gasteiger partial charge in [-0.15, -0.1) is 24.8 Å². The van der Waals surface area contributed by atoms with E-state index >= 15 is 0 Å². The highest BCUT2D eigenvalue weighted by atomic mass is 35.5. The molecular formula is C47H68Cl2N8O7. The van der Waals surface area contributed by atoms with Crippen LogP contribution in [0.2, 0.25) is 0 Å². The predicted octanol–water partition coefficient (Wildman–Crippen LogP) is 4.20. The van der Waals surface area contributed by atoms with Gasteiger partial charge in [0.15, 0.2) is 0 Å². The van der Waals surface area contributed by atoms with Crippen molar-refractivity contribution in [2.75, 3.05) is 33.2 Å². The molecular weight excluding hydrogens is 859 g/mol. The Morgan fingerprint density at radius 1 is 0.719 bits per heavy atom. The lowest BCUT2D eigenvalue weighted by Gasteiger charge is -2.44. The minimum absolute atomic E-state index is 0. The smallest absolute Gasteiger partial charge is 0.407 e. The molecule has 1 heterocycles. The Balaban J connectivity index is 0.00000704. The van der Waals surface area contributed by atoms with Gasteiger partial charge in [0.2, 0.25) is 29.5 Å². The molecule has 64 heavy (non-hydrogen) atoms. The number of rotatable bonds is 23. The molecule has 0 spiro atoms. The first kappa shape index (κ1) is 54.9. The van der Waals surface area contributed by atoms with Crippen molar-refractivity contribution in [1.82, 2.24) is 31.1 Å². The molecule has 17 heteroatoms. The van der Waals surface area contributed by atoms with Gasteiger partial charge in [-0.3, -0.25) is 24.0 Å². The van der Waals surface area contributed by atoms with Crippen LogP contribution in [0.25, 0.3) is 0 Å². The number of benzene rings is 3. The molecule has 6 amide bonds. The van der Waals surface area contributed by atoms with E-state index in [0.717, 1.165) is 16.7 Å². The Morgan fingerprint density at radius 2 is 1.22 bits per heavy atom. The molecule has 3 aromatic rings. The second-order valence-corrected chi connectivity index (χ2v) is 16.9. The average Bonchev–Trinajstić information content (AvgIpc) is 3.26. The first-order chi connectivity index (χ1) is 29.7. The topological polar surface area (TPSA) is 229 Å². The molecule has 1 aliphatic rings. The number of halogens is 2. The number of hydrogen-bond donors (Lipinski definition) is 7. The number of hydrogen-bond acceptors (Lipinski definition) is 8. The van der Waals surface area contributed by atoms with Crippen molar-refractivity contribution < 1.29 is 33.9 Å². The maximum Gasteiger partial charge on any atom is 0.407 e. The summed E-state index contributed by atoms with van der Waals surface area (Å²) in [7, 11) is 1.54. The Bertz CT molecular complexity index is 1900. The molecule has 0 unspecified atom stereocenters. The van der Waals surface area contributed by atoms with Crippen LogP contribution in [0.4, 0.5) is 4.79 Å². The number of unbranched alkanes of at least 4 members (excludes halogenated alkanes) is 1. The van der Waals surface area contributed by atoms with Crippen molar-refractivity contribution in [3.63, 3.8) is 0 Å². The van der Waals surface area contributed by atoms with E-state index in [1.807, 2.05) is 105 Å². The number of nitrogens with one attached hydrogen (secondary N) is 4. The fourth-order valence-corrected chi connectivity index (χ4v) is 7.94. The average molecular weight is 928 g/mol. The van der Waals surface area contributed by atoms with E-state index in [0.29, 0.717) is 38.6 Å². The van der Waals surface area contributed by atoms with E-state index in [-0.39, 0.29) is 94.4 Å². The zero-order valence-electron chi connectivity index (χ0n) is 37.2. The van der Waals surface area contributed by atoms with Crippen LogP contribution in [0.3, 0.4) is 0 Å². The standard InChI is InChI=1S/C47H66N8O7.2ClH/c1-33(2)27-39(53-44(59)40(29-35-17-9-5-10-18-35)52-42(57)37(49)28-34-15-7-4-8-16-34)43(58)51-38(21-13-14-24-48)45(60)54-25-22-47(23-26-54,30-41(56)50-3)32-55(46(61)62)31-36-19-11-6-12-20-36;;/h4-12,15-20,33,37-40H,13-14,21-32,48-49H2,1-3H3,(H,50,56)(H,51,58)(H,52,57)(H,53,59)(H,61,62);2*1H/t37-,38-,39-,40-;;/m1../s1. The number of carbonyl (C=O) groups excluding carboxylic acids is 5. The summed E-state index contributed by atoms with van der Waals surface area (Å²) in [5.41, 5.74) is 13.9. The van der Waals surface area contributed by atoms with Gasteiger partial charge in [-0.2, -0.15) is 0 Å². The van der Waals surface area contributed by atoms with Gasteiger partial charge in [0, 0.05) is 51.5 Å². The van der Waals surface area contributed by atoms with Crippen molar-refractivity contribution in [3.8, 4) is 0 Å². The molecule has 352 valence electrons. The number of likely N-dealkylation sites (tertiary alicyclic amines) is 1. The first-order valence-corrected chi connectivity index (χ1v) is 21.7. The molecule has 15 nitrogen and oxygen atoms in total. The van der Waals surface area contributed by atoms with Gasteiger partial charge in [0.25, 0.3) is 0 Å². The molecule has 1 saturated heterocycles. The molecule has 4 rings (SSSR count). The Morgan fingerprint density at radius 3 is 1.73 bits per heavy atom. The van der Waals surface area contributed by atoms with Crippen molar-refractivity contribution in [1.29, 1.82) is 0 Å². The zero-order chi connectivity index (χ0) is 45.1. The molecule has 0 saturated carbocycles. The fraction of sp³-hybridized carbons (Fsp3) is 0.489. The SMILES string of the molecule is CNC(=O)CC1(CN(Cc2ccccc2)C(=O)O)CCN(C(=O)[C@@H](CCCCN)NC(=O)[C@@H](CC(C)C)NC(=O)[C@@H](Cc2ccccc2)NC(=O)[C@H](N)Cc2ccccc2)CC1.Cl.Cl. The molecule has 1 aliphatic heterocycles. The van der Waals surface area contributed by atoms with E-state index in [2.05, 4.69) is 21.3 Å². The molecule has 0 aliphatic carbocycles. The highest BCUT2D eigenvalue weighted by Crippen LogP contribution is 2.37. The minimum Gasteiger partial charge on any atom is -0.465 e. The van der Waals surface area contributed by atoms with Gasteiger partial charge in [0.05, 0.1) is 6.04 Å². The summed E-state index contributed by atoms with van der Waals surface area (Å²) >= 11 is 0. The monoisotopic (exact) mass is 926 g/mol. The van der Waals surface area contributed by atoms with Crippen LogP contribution in [-0.4, -0.2) is 108 Å². The quantitative estimate of drug-likeness (QED) is 0.0676. The van der Waals surface area contributed by atoms with Gasteiger partial charge in [-0.25, -0.2) is 4.79 Å². The van der Waals surface area contributed by atoms with Gasteiger partial charge in [0.1, 0.15) is 18.1 Å². The van der Waals surface area contributed by atoms with Crippen LogP contribution in [0.15, 0.2) is 91.0 Å². The number of piperidine rings is 1. The van der Waals surface area contributed by atoms with Crippen molar-refractivity contribution in [2.24, 2.45) is 22.8 Å². The molecule has 9 N–H and O–H groups in total. The van der Waals surface area contributed by atoms with E-state index < -0.39 is 53.4 Å². The van der Waals surface area contributed by atoms with E-state index in [1.165, 1.54) is 4.90 Å². The van der Waals surface area contributed by atoms with E-state index in [4.69, 9.17) is 11.5 Å². The lowest BCUT2D eigenvalue weighted by atomic mass is 9.74. The number of carbonyl (C=O) groups is 6. The summed E-state index contributed by atoms with van der Waals surface area (Å²) in [5, 5.41) is 21.5. The molecule has 0 radical (unpaired) electrons. The second kappa shape index (κ2) is 27.9. The van der Waals surface area contributed by atoms with Gasteiger partial charge in [-0.05, 0) is 74.1 Å². The Kier molecular flexibility index (Phi) is 23.9. The highest BCUT2D eigenvalue weighted by molar-refractivity contribution is 5.95. The van der Waals surface area contributed by atoms with E-state index in [1.54, 1.807) is 11.9 Å². The highest BCUT2D eigenvalue weighted by Gasteiger charge is 2.41. The molecule has 4 atom stereocenters. The van der Waals surface area contributed by atoms with Crippen LogP contribution in [0.1, 0.15) is 75.5 Å². The summed E-state index contributed by atoms with van der Waals surface area (Å²) in [5.74, 6) is -2.16. The van der Waals surface area contributed by atoms with Crippen molar-refractivity contribution in [2.45, 2.75) is 102 Å². The van der Waals surface area contributed by atoms with Crippen LogP contribution in [0.5, 0.6) is 0 Å². The second-order valence-electron chi connectivity index (χ2n) is 16.9. The van der Waals surface area contributed by atoms with Crippen molar-refractivity contribution >= 4 is 60.4 Å². The summed E-state index contributed by atoms with van der Waals surface area (Å²) in [6.45, 7) is 5.00. The third-order valence-corrected chi connectivity index (χ3v) is 11.4. The molecule has 0 aromatic heterocycles. The number of nitrogens with two attached hydrogens (primary N) is 2. The number of nitrogens with zero attached hydrogens (tertiary/aromatic N) is 2. The number of amides is 6. The van der Waals surface area contributed by atoms with Crippen molar-refractivity contribution in [3.05, 3.63) is 108 Å². The maximum absolute atomic E-state index is 14.3. The van der Waals surface area contributed by atoms with Crippen LogP contribution < -0.4 is 32.7 Å². The van der Waals surface area contributed by atoms with Crippen LogP contribution >= 0.6 is 24.8 Å². The lowest BCUT2D eigenvalue weighted by molar-refractivity contribution is -0.140. The summed E-state index contributed by atoms with van der Waals surface area (Å²) in [6, 6.07) is 23.9. The van der Waals surface area contributed by atoms with Gasteiger partial charge >= 0.3 is 6.09 Å². The number of carboxylic acid groups (broad SMARTS) is 1. The van der Waals surface area contributed by atoms with Crippen LogP contribution in [0, 0.1) is 11.3 Å². The summed E-state index contributed by atoms with van der Waals surface area (Å²) in [4.78, 5) is 84.4. The molecule has 0 bridgehead atoms. The maximum atomic E-state index is 14.3. The minimum atomic E-state index is -1.10. The van der Waals surface area contributed by atoms with Gasteiger partial charge in [-0.1, -0.05) is 105 Å². The van der Waals surface area contributed by atoms with E-state index in [9.17, 15) is 33.9 Å². The normalized spacial score (nSPS) is 14.9. The molecule has 3 aromatic carbocycles. The fourth-order valence-electron chi connectivity index (χ4n) is 7.94. The third kappa shape index (κ3) is 17.7. The summed E-state index contributed by atoms with van der Waals surface area (Å²) in [6.07, 6.45) is 1.89. The first-order valence-electron chi connectivity index (χ1n) is 21.7.